The van der Waals surface area contributed by atoms with Gasteiger partial charge in [0.05, 0.1) is 18.2 Å². The maximum Gasteiger partial charge on any atom is 0.262 e. The van der Waals surface area contributed by atoms with Crippen LogP contribution in [0.4, 0.5) is 10.1 Å². The van der Waals surface area contributed by atoms with Gasteiger partial charge < -0.3 is 19.5 Å². The molecule has 0 bridgehead atoms. The Hall–Kier alpha value is -2.47. The third-order valence-corrected chi connectivity index (χ3v) is 3.58. The van der Waals surface area contributed by atoms with Crippen molar-refractivity contribution in [1.82, 2.24) is 0 Å². The third kappa shape index (κ3) is 4.08. The van der Waals surface area contributed by atoms with E-state index in [0.29, 0.717) is 30.4 Å². The van der Waals surface area contributed by atoms with Gasteiger partial charge in [0, 0.05) is 18.2 Å². The van der Waals surface area contributed by atoms with Gasteiger partial charge in [0.2, 0.25) is 0 Å². The van der Waals surface area contributed by atoms with Crippen LogP contribution in [-0.4, -0.2) is 25.7 Å². The summed E-state index contributed by atoms with van der Waals surface area (Å²) < 4.78 is 29.3. The molecule has 0 radical (unpaired) electrons. The molecule has 1 amide bonds. The number of carbonyl (C=O) groups excluding carboxylic acids is 1. The molecule has 1 N–H and O–H groups in total. The number of carbonyl (C=O) groups is 1. The van der Waals surface area contributed by atoms with Gasteiger partial charge in [0.25, 0.3) is 5.91 Å². The summed E-state index contributed by atoms with van der Waals surface area (Å²) in [6.07, 6.45) is 0.808. The molecular formula is C17H15ClFNO4. The number of anilines is 1. The van der Waals surface area contributed by atoms with Crippen LogP contribution in [0.5, 0.6) is 17.2 Å². The summed E-state index contributed by atoms with van der Waals surface area (Å²) in [5.74, 6) is 0.647. The molecule has 0 spiro atoms. The number of rotatable bonds is 4. The lowest BCUT2D eigenvalue weighted by Crippen LogP contribution is -2.20. The van der Waals surface area contributed by atoms with Crippen molar-refractivity contribution in [3.63, 3.8) is 0 Å². The smallest absolute Gasteiger partial charge is 0.262 e. The molecule has 0 saturated heterocycles. The summed E-state index contributed by atoms with van der Waals surface area (Å²) in [5, 5.41) is 2.81. The van der Waals surface area contributed by atoms with Crippen molar-refractivity contribution in [2.75, 3.05) is 25.1 Å². The van der Waals surface area contributed by atoms with Gasteiger partial charge >= 0.3 is 0 Å². The van der Waals surface area contributed by atoms with Gasteiger partial charge in [-0.1, -0.05) is 11.6 Å². The molecule has 0 unspecified atom stereocenters. The maximum atomic E-state index is 13.0. The summed E-state index contributed by atoms with van der Waals surface area (Å²) in [6.45, 7) is 0.918. The average molecular weight is 352 g/mol. The van der Waals surface area contributed by atoms with Crippen molar-refractivity contribution in [2.24, 2.45) is 0 Å². The number of benzene rings is 2. The highest BCUT2D eigenvalue weighted by atomic mass is 35.5. The standard InChI is InChI=1S/C17H15ClFNO4/c18-13-8-11(19)2-4-14(13)24-10-17(21)20-12-3-5-15-16(9-12)23-7-1-6-22-15/h2-5,8-9H,1,6-7,10H2,(H,20,21). The minimum absolute atomic E-state index is 0.110. The Balaban J connectivity index is 1.59. The van der Waals surface area contributed by atoms with Gasteiger partial charge in [-0.05, 0) is 30.3 Å². The molecule has 24 heavy (non-hydrogen) atoms. The van der Waals surface area contributed by atoms with Crippen LogP contribution in [0.3, 0.4) is 0 Å². The topological polar surface area (TPSA) is 56.8 Å². The summed E-state index contributed by atoms with van der Waals surface area (Å²) in [7, 11) is 0. The van der Waals surface area contributed by atoms with E-state index in [9.17, 15) is 9.18 Å². The lowest BCUT2D eigenvalue weighted by Gasteiger charge is -2.11. The molecule has 2 aromatic carbocycles. The number of hydrogen-bond acceptors (Lipinski definition) is 4. The molecule has 126 valence electrons. The predicted molar refractivity (Wildman–Crippen MR) is 87.6 cm³/mol. The van der Waals surface area contributed by atoms with Crippen LogP contribution in [-0.2, 0) is 4.79 Å². The monoisotopic (exact) mass is 351 g/mol. The zero-order valence-electron chi connectivity index (χ0n) is 12.7. The van der Waals surface area contributed by atoms with E-state index in [1.165, 1.54) is 12.1 Å². The van der Waals surface area contributed by atoms with E-state index in [4.69, 9.17) is 25.8 Å². The fourth-order valence-corrected chi connectivity index (χ4v) is 2.40. The van der Waals surface area contributed by atoms with Gasteiger partial charge in [0.1, 0.15) is 11.6 Å². The SMILES string of the molecule is O=C(COc1ccc(F)cc1Cl)Nc1ccc2c(c1)OCCCO2. The minimum Gasteiger partial charge on any atom is -0.490 e. The van der Waals surface area contributed by atoms with E-state index >= 15 is 0 Å². The number of hydrogen-bond donors (Lipinski definition) is 1. The van der Waals surface area contributed by atoms with E-state index in [1.54, 1.807) is 18.2 Å². The lowest BCUT2D eigenvalue weighted by atomic mass is 10.2. The highest BCUT2D eigenvalue weighted by Crippen LogP contribution is 2.32. The molecule has 0 aliphatic carbocycles. The summed E-state index contributed by atoms with van der Waals surface area (Å²) in [5.41, 5.74) is 0.568. The van der Waals surface area contributed by atoms with Crippen LogP contribution in [0.1, 0.15) is 6.42 Å². The van der Waals surface area contributed by atoms with Crippen LogP contribution < -0.4 is 19.5 Å². The average Bonchev–Trinajstić information content (AvgIpc) is 2.79. The van der Waals surface area contributed by atoms with Crippen molar-refractivity contribution in [3.8, 4) is 17.2 Å². The molecule has 0 saturated carbocycles. The normalized spacial score (nSPS) is 13.1. The van der Waals surface area contributed by atoms with Gasteiger partial charge in [-0.15, -0.1) is 0 Å². The predicted octanol–water partition coefficient (Wildman–Crippen LogP) is 3.66. The van der Waals surface area contributed by atoms with E-state index in [0.717, 1.165) is 12.5 Å². The summed E-state index contributed by atoms with van der Waals surface area (Å²) >= 11 is 5.84. The molecule has 7 heteroatoms. The van der Waals surface area contributed by atoms with Crippen LogP contribution in [0, 0.1) is 5.82 Å². The van der Waals surface area contributed by atoms with Crippen molar-refractivity contribution in [1.29, 1.82) is 0 Å². The molecule has 0 atom stereocenters. The quantitative estimate of drug-likeness (QED) is 0.913. The molecule has 0 fully saturated rings. The first-order chi connectivity index (χ1) is 11.6. The van der Waals surface area contributed by atoms with Crippen molar-refractivity contribution < 1.29 is 23.4 Å². The first-order valence-corrected chi connectivity index (χ1v) is 7.77. The Morgan fingerprint density at radius 1 is 1.17 bits per heavy atom. The molecule has 1 aliphatic heterocycles. The fourth-order valence-electron chi connectivity index (χ4n) is 2.17. The Morgan fingerprint density at radius 3 is 2.75 bits per heavy atom. The number of nitrogens with one attached hydrogen (secondary N) is 1. The highest BCUT2D eigenvalue weighted by molar-refractivity contribution is 6.32. The summed E-state index contributed by atoms with van der Waals surface area (Å²) in [4.78, 5) is 12.0. The van der Waals surface area contributed by atoms with Gasteiger partial charge in [-0.2, -0.15) is 0 Å². The van der Waals surface area contributed by atoms with Crippen molar-refractivity contribution in [3.05, 3.63) is 47.2 Å². The number of amides is 1. The highest BCUT2D eigenvalue weighted by Gasteiger charge is 2.12. The van der Waals surface area contributed by atoms with E-state index < -0.39 is 5.82 Å². The zero-order valence-corrected chi connectivity index (χ0v) is 13.4. The van der Waals surface area contributed by atoms with Crippen LogP contribution in [0.2, 0.25) is 5.02 Å². The molecule has 0 aromatic heterocycles. The third-order valence-electron chi connectivity index (χ3n) is 3.28. The lowest BCUT2D eigenvalue weighted by molar-refractivity contribution is -0.118. The fraction of sp³-hybridized carbons (Fsp3) is 0.235. The number of ether oxygens (including phenoxy) is 3. The van der Waals surface area contributed by atoms with E-state index in [2.05, 4.69) is 5.32 Å². The molecule has 2 aromatic rings. The molecule has 3 rings (SSSR count). The number of fused-ring (bicyclic) bond motifs is 1. The first kappa shape index (κ1) is 16.4. The minimum atomic E-state index is -0.469. The molecule has 5 nitrogen and oxygen atoms in total. The Bertz CT molecular complexity index is 753. The van der Waals surface area contributed by atoms with Crippen molar-refractivity contribution >= 4 is 23.2 Å². The van der Waals surface area contributed by atoms with Crippen LogP contribution >= 0.6 is 11.6 Å². The second-order valence-electron chi connectivity index (χ2n) is 5.12. The molecular weight excluding hydrogens is 337 g/mol. The van der Waals surface area contributed by atoms with Gasteiger partial charge in [-0.25, -0.2) is 4.39 Å². The van der Waals surface area contributed by atoms with Gasteiger partial charge in [-0.3, -0.25) is 4.79 Å². The van der Waals surface area contributed by atoms with Crippen LogP contribution in [0.25, 0.3) is 0 Å². The van der Waals surface area contributed by atoms with Crippen molar-refractivity contribution in [2.45, 2.75) is 6.42 Å². The Labute approximate surface area is 143 Å². The summed E-state index contributed by atoms with van der Waals surface area (Å²) in [6, 6.07) is 8.87. The number of halogens is 2. The van der Waals surface area contributed by atoms with E-state index in [-0.39, 0.29) is 23.3 Å². The van der Waals surface area contributed by atoms with Gasteiger partial charge in [0.15, 0.2) is 18.1 Å². The second kappa shape index (κ2) is 7.40. The van der Waals surface area contributed by atoms with E-state index in [1.807, 2.05) is 0 Å². The molecule has 1 heterocycles. The van der Waals surface area contributed by atoms with Crippen LogP contribution in [0.15, 0.2) is 36.4 Å². The zero-order chi connectivity index (χ0) is 16.9. The molecule has 1 aliphatic rings. The Kier molecular flexibility index (Phi) is 5.05. The Morgan fingerprint density at radius 2 is 1.96 bits per heavy atom. The second-order valence-corrected chi connectivity index (χ2v) is 5.53. The maximum absolute atomic E-state index is 13.0. The first-order valence-electron chi connectivity index (χ1n) is 7.39. The largest absolute Gasteiger partial charge is 0.490 e.